The van der Waals surface area contributed by atoms with Crippen molar-refractivity contribution in [3.63, 3.8) is 0 Å². The second kappa shape index (κ2) is 6.18. The van der Waals surface area contributed by atoms with Crippen molar-refractivity contribution in [1.29, 1.82) is 0 Å². The summed E-state index contributed by atoms with van der Waals surface area (Å²) in [6.45, 7) is 0.772. The highest BCUT2D eigenvalue weighted by molar-refractivity contribution is 14.1. The monoisotopic (exact) mass is 421 g/mol. The predicted octanol–water partition coefficient (Wildman–Crippen LogP) is 2.91. The first kappa shape index (κ1) is 11.7. The molecule has 1 aromatic heterocycles. The molecule has 2 nitrogen and oxygen atoms in total. The smallest absolute Gasteiger partial charge is 0.252 e. The topological polar surface area (TPSA) is 29.1 Å². The first-order valence-electron chi connectivity index (χ1n) is 3.82. The van der Waals surface area contributed by atoms with Gasteiger partial charge in [-0.1, -0.05) is 22.6 Å². The summed E-state index contributed by atoms with van der Waals surface area (Å²) in [6, 6.07) is 1.91. The molecule has 0 radical (unpaired) electrons. The van der Waals surface area contributed by atoms with E-state index in [0.717, 1.165) is 25.8 Å². The number of hydrogen-bond acceptors (Lipinski definition) is 2. The number of halogens is 2. The maximum atomic E-state index is 11.4. The van der Waals surface area contributed by atoms with Crippen molar-refractivity contribution in [2.45, 2.75) is 6.42 Å². The van der Waals surface area contributed by atoms with E-state index in [-0.39, 0.29) is 5.91 Å². The average Bonchev–Trinajstić information content (AvgIpc) is 2.52. The largest absolute Gasteiger partial charge is 0.352 e. The van der Waals surface area contributed by atoms with Gasteiger partial charge in [-0.25, -0.2) is 0 Å². The summed E-state index contributed by atoms with van der Waals surface area (Å²) in [6.07, 6.45) is 1.04. The molecule has 0 aliphatic rings. The molecule has 0 aromatic carbocycles. The lowest BCUT2D eigenvalue weighted by Crippen LogP contribution is -2.24. The van der Waals surface area contributed by atoms with Crippen molar-refractivity contribution >= 4 is 62.4 Å². The van der Waals surface area contributed by atoms with Crippen LogP contribution >= 0.6 is 56.5 Å². The molecule has 5 heteroatoms. The summed E-state index contributed by atoms with van der Waals surface area (Å²) in [5.74, 6) is 0.0454. The zero-order chi connectivity index (χ0) is 9.68. The maximum absolute atomic E-state index is 11.4. The molecule has 1 N–H and O–H groups in total. The molecule has 72 valence electrons. The Morgan fingerprint density at radius 3 is 2.92 bits per heavy atom. The molecule has 1 rings (SSSR count). The van der Waals surface area contributed by atoms with Crippen LogP contribution in [0.4, 0.5) is 0 Å². The SMILES string of the molecule is O=C(NCCCI)c1csc(I)c1. The Balaban J connectivity index is 2.40. The van der Waals surface area contributed by atoms with Gasteiger partial charge in [0.15, 0.2) is 0 Å². The van der Waals surface area contributed by atoms with Gasteiger partial charge >= 0.3 is 0 Å². The molecule has 0 atom stereocenters. The lowest BCUT2D eigenvalue weighted by atomic mass is 10.3. The zero-order valence-electron chi connectivity index (χ0n) is 6.85. The van der Waals surface area contributed by atoms with Gasteiger partial charge in [0, 0.05) is 16.4 Å². The van der Waals surface area contributed by atoms with E-state index in [1.54, 1.807) is 11.3 Å². The van der Waals surface area contributed by atoms with Crippen LogP contribution in [0.15, 0.2) is 11.4 Å². The Morgan fingerprint density at radius 2 is 2.38 bits per heavy atom. The Morgan fingerprint density at radius 1 is 1.62 bits per heavy atom. The van der Waals surface area contributed by atoms with Gasteiger partial charge in [-0.2, -0.15) is 0 Å². The minimum Gasteiger partial charge on any atom is -0.352 e. The fraction of sp³-hybridized carbons (Fsp3) is 0.375. The molecular weight excluding hydrogens is 412 g/mol. The van der Waals surface area contributed by atoms with Crippen molar-refractivity contribution < 1.29 is 4.79 Å². The molecule has 13 heavy (non-hydrogen) atoms. The number of nitrogens with one attached hydrogen (secondary N) is 1. The van der Waals surface area contributed by atoms with E-state index < -0.39 is 0 Å². The highest BCUT2D eigenvalue weighted by Gasteiger charge is 2.05. The summed E-state index contributed by atoms with van der Waals surface area (Å²) in [5, 5.41) is 4.76. The second-order valence-electron chi connectivity index (χ2n) is 2.44. The molecular formula is C8H9I2NOS. The number of amides is 1. The van der Waals surface area contributed by atoms with Crippen LogP contribution in [-0.4, -0.2) is 16.9 Å². The van der Waals surface area contributed by atoms with Crippen molar-refractivity contribution in [2.75, 3.05) is 11.0 Å². The van der Waals surface area contributed by atoms with Crippen LogP contribution in [0.1, 0.15) is 16.8 Å². The minimum atomic E-state index is 0.0454. The third kappa shape index (κ3) is 4.11. The molecule has 0 aliphatic heterocycles. The minimum absolute atomic E-state index is 0.0454. The first-order valence-corrected chi connectivity index (χ1v) is 7.30. The van der Waals surface area contributed by atoms with Gasteiger partial charge in [-0.3, -0.25) is 4.79 Å². The van der Waals surface area contributed by atoms with Crippen molar-refractivity contribution in [1.82, 2.24) is 5.32 Å². The zero-order valence-corrected chi connectivity index (χ0v) is 12.0. The van der Waals surface area contributed by atoms with E-state index in [4.69, 9.17) is 0 Å². The number of carbonyl (C=O) groups is 1. The molecule has 1 aromatic rings. The van der Waals surface area contributed by atoms with Gasteiger partial charge in [0.05, 0.1) is 8.45 Å². The van der Waals surface area contributed by atoms with Crippen molar-refractivity contribution in [3.8, 4) is 0 Å². The normalized spacial score (nSPS) is 10.0. The van der Waals surface area contributed by atoms with Gasteiger partial charge in [-0.15, -0.1) is 11.3 Å². The molecule has 0 saturated heterocycles. The molecule has 0 spiro atoms. The van der Waals surface area contributed by atoms with E-state index in [1.807, 2.05) is 11.4 Å². The fourth-order valence-corrected chi connectivity index (χ4v) is 2.51. The van der Waals surface area contributed by atoms with Crippen LogP contribution in [0.2, 0.25) is 0 Å². The second-order valence-corrected chi connectivity index (χ2v) is 6.32. The first-order chi connectivity index (χ1) is 6.24. The summed E-state index contributed by atoms with van der Waals surface area (Å²) < 4.78 is 2.23. The molecule has 0 saturated carbocycles. The van der Waals surface area contributed by atoms with Gasteiger partial charge < -0.3 is 5.32 Å². The van der Waals surface area contributed by atoms with Gasteiger partial charge in [-0.05, 0) is 35.1 Å². The highest BCUT2D eigenvalue weighted by Crippen LogP contribution is 2.16. The van der Waals surface area contributed by atoms with Crippen molar-refractivity contribution in [3.05, 3.63) is 19.9 Å². The molecule has 1 amide bonds. The van der Waals surface area contributed by atoms with Crippen LogP contribution in [0.3, 0.4) is 0 Å². The number of thiophene rings is 1. The molecule has 0 bridgehead atoms. The molecule has 1 heterocycles. The predicted molar refractivity (Wildman–Crippen MR) is 72.9 cm³/mol. The third-order valence-electron chi connectivity index (χ3n) is 1.43. The highest BCUT2D eigenvalue weighted by atomic mass is 127. The Kier molecular flexibility index (Phi) is 5.56. The van der Waals surface area contributed by atoms with E-state index in [1.165, 1.54) is 0 Å². The van der Waals surface area contributed by atoms with Gasteiger partial charge in [0.2, 0.25) is 0 Å². The molecule has 0 fully saturated rings. The van der Waals surface area contributed by atoms with Crippen molar-refractivity contribution in [2.24, 2.45) is 0 Å². The van der Waals surface area contributed by atoms with E-state index in [9.17, 15) is 4.79 Å². The standard InChI is InChI=1S/C8H9I2NOS/c9-2-1-3-11-8(12)6-4-7(10)13-5-6/h4-5H,1-3H2,(H,11,12). The van der Waals surface area contributed by atoms with E-state index in [2.05, 4.69) is 50.5 Å². The van der Waals surface area contributed by atoms with Crippen LogP contribution in [0.25, 0.3) is 0 Å². The van der Waals surface area contributed by atoms with E-state index >= 15 is 0 Å². The summed E-state index contributed by atoms with van der Waals surface area (Å²) >= 11 is 6.12. The summed E-state index contributed by atoms with van der Waals surface area (Å²) in [4.78, 5) is 11.4. The van der Waals surface area contributed by atoms with Crippen LogP contribution in [-0.2, 0) is 0 Å². The Labute approximate surface area is 109 Å². The lowest BCUT2D eigenvalue weighted by molar-refractivity contribution is 0.0954. The van der Waals surface area contributed by atoms with Crippen LogP contribution in [0.5, 0.6) is 0 Å². The number of rotatable bonds is 4. The summed E-state index contributed by atoms with van der Waals surface area (Å²) in [5.41, 5.74) is 0.780. The van der Waals surface area contributed by atoms with E-state index in [0.29, 0.717) is 0 Å². The van der Waals surface area contributed by atoms with Crippen LogP contribution < -0.4 is 5.32 Å². The molecule has 0 aliphatic carbocycles. The average molecular weight is 421 g/mol. The van der Waals surface area contributed by atoms with Crippen LogP contribution in [0, 0.1) is 2.88 Å². The summed E-state index contributed by atoms with van der Waals surface area (Å²) in [7, 11) is 0. The van der Waals surface area contributed by atoms with Gasteiger partial charge in [0.25, 0.3) is 5.91 Å². The van der Waals surface area contributed by atoms with Gasteiger partial charge in [0.1, 0.15) is 0 Å². The fourth-order valence-electron chi connectivity index (χ4n) is 0.800. The Hall–Kier alpha value is 0.630. The maximum Gasteiger partial charge on any atom is 0.252 e. The number of hydrogen-bond donors (Lipinski definition) is 1. The third-order valence-corrected chi connectivity index (χ3v) is 3.98. The lowest BCUT2D eigenvalue weighted by Gasteiger charge is -2.00. The Bertz CT molecular complexity index is 287. The number of alkyl halides is 1. The quantitative estimate of drug-likeness (QED) is 0.453. The molecule has 0 unspecified atom stereocenters. The number of carbonyl (C=O) groups excluding carboxylic acids is 1.